The van der Waals surface area contributed by atoms with Crippen LogP contribution in [-0.2, 0) is 9.53 Å². The molecular weight excluding hydrogens is 260 g/mol. The molecule has 1 heterocycles. The smallest absolute Gasteiger partial charge is 0.307 e. The van der Waals surface area contributed by atoms with Crippen LogP contribution in [0.15, 0.2) is 35.8 Å². The van der Waals surface area contributed by atoms with Gasteiger partial charge >= 0.3 is 5.97 Å². The molecule has 0 unspecified atom stereocenters. The van der Waals surface area contributed by atoms with Crippen molar-refractivity contribution in [2.75, 3.05) is 18.5 Å². The molecule has 1 aromatic carbocycles. The normalized spacial score (nSPS) is 10.2. The molecule has 1 aromatic heterocycles. The lowest BCUT2D eigenvalue weighted by Crippen LogP contribution is -2.11. The van der Waals surface area contributed by atoms with Crippen LogP contribution in [0, 0.1) is 0 Å². The molecule has 0 aliphatic rings. The zero-order valence-electron chi connectivity index (χ0n) is 10.8. The number of hydrogen-bond acceptors (Lipinski definition) is 5. The largest absolute Gasteiger partial charge is 0.466 e. The molecule has 5 heteroatoms. The number of nitrogens with zero attached hydrogens (tertiary/aromatic N) is 1. The first-order chi connectivity index (χ1) is 9.29. The van der Waals surface area contributed by atoms with Crippen LogP contribution in [0.2, 0.25) is 0 Å². The monoisotopic (exact) mass is 276 g/mol. The van der Waals surface area contributed by atoms with E-state index in [2.05, 4.69) is 10.3 Å². The Morgan fingerprint density at radius 3 is 2.79 bits per heavy atom. The predicted octanol–water partition coefficient (Wildman–Crippen LogP) is 3.18. The Morgan fingerprint density at radius 1 is 1.37 bits per heavy atom. The van der Waals surface area contributed by atoms with Crippen LogP contribution in [0.5, 0.6) is 0 Å². The number of carbonyl (C=O) groups excluding carboxylic acids is 1. The van der Waals surface area contributed by atoms with Gasteiger partial charge in [0.2, 0.25) is 0 Å². The van der Waals surface area contributed by atoms with Gasteiger partial charge in [-0.25, -0.2) is 4.98 Å². The maximum atomic E-state index is 11.2. The van der Waals surface area contributed by atoms with Crippen molar-refractivity contribution in [2.45, 2.75) is 13.3 Å². The third-order valence-corrected chi connectivity index (χ3v) is 3.35. The molecule has 0 spiro atoms. The molecular formula is C14H16N2O2S. The molecule has 0 bridgehead atoms. The summed E-state index contributed by atoms with van der Waals surface area (Å²) >= 11 is 1.62. The van der Waals surface area contributed by atoms with Crippen LogP contribution in [-0.4, -0.2) is 24.1 Å². The number of esters is 1. The average Bonchev–Trinajstić information content (AvgIpc) is 2.94. The number of hydrogen-bond donors (Lipinski definition) is 1. The Hall–Kier alpha value is -1.88. The third kappa shape index (κ3) is 4.06. The van der Waals surface area contributed by atoms with E-state index in [9.17, 15) is 4.79 Å². The molecule has 0 saturated heterocycles. The number of rotatable bonds is 6. The van der Waals surface area contributed by atoms with Crippen LogP contribution in [0.1, 0.15) is 13.3 Å². The zero-order chi connectivity index (χ0) is 13.5. The molecule has 2 aromatic rings. The highest BCUT2D eigenvalue weighted by Crippen LogP contribution is 2.23. The van der Waals surface area contributed by atoms with Gasteiger partial charge in [-0.1, -0.05) is 0 Å². The molecule has 2 rings (SSSR count). The quantitative estimate of drug-likeness (QED) is 0.823. The summed E-state index contributed by atoms with van der Waals surface area (Å²) in [6.45, 7) is 2.82. The lowest BCUT2D eigenvalue weighted by Gasteiger charge is -2.06. The van der Waals surface area contributed by atoms with Gasteiger partial charge < -0.3 is 10.1 Å². The molecule has 0 aliphatic carbocycles. The molecule has 100 valence electrons. The second-order valence-electron chi connectivity index (χ2n) is 3.90. The van der Waals surface area contributed by atoms with Crippen molar-refractivity contribution in [1.29, 1.82) is 0 Å². The van der Waals surface area contributed by atoms with Gasteiger partial charge in [0.1, 0.15) is 5.01 Å². The van der Waals surface area contributed by atoms with Gasteiger partial charge in [-0.15, -0.1) is 11.3 Å². The second-order valence-corrected chi connectivity index (χ2v) is 4.79. The topological polar surface area (TPSA) is 51.2 Å². The predicted molar refractivity (Wildman–Crippen MR) is 77.3 cm³/mol. The fourth-order valence-electron chi connectivity index (χ4n) is 1.64. The number of aromatic nitrogens is 1. The van der Waals surface area contributed by atoms with Crippen LogP contribution in [0.25, 0.3) is 10.6 Å². The fourth-order valence-corrected chi connectivity index (χ4v) is 2.28. The summed E-state index contributed by atoms with van der Waals surface area (Å²) in [6, 6.07) is 8.01. The summed E-state index contributed by atoms with van der Waals surface area (Å²) in [5, 5.41) is 6.16. The summed E-state index contributed by atoms with van der Waals surface area (Å²) in [5.74, 6) is -0.172. The van der Waals surface area contributed by atoms with Gasteiger partial charge in [0.25, 0.3) is 0 Å². The fraction of sp³-hybridized carbons (Fsp3) is 0.286. The maximum absolute atomic E-state index is 11.2. The Kier molecular flexibility index (Phi) is 4.92. The highest BCUT2D eigenvalue weighted by atomic mass is 32.1. The van der Waals surface area contributed by atoms with E-state index < -0.39 is 0 Å². The summed E-state index contributed by atoms with van der Waals surface area (Å²) < 4.78 is 4.86. The SMILES string of the molecule is CCOC(=O)CCNc1ccc(-c2nccs2)cc1. The van der Waals surface area contributed by atoms with E-state index in [1.54, 1.807) is 17.5 Å². The van der Waals surface area contributed by atoms with E-state index in [1.807, 2.05) is 36.6 Å². The summed E-state index contributed by atoms with van der Waals surface area (Å²) in [7, 11) is 0. The molecule has 0 aliphatic heterocycles. The lowest BCUT2D eigenvalue weighted by molar-refractivity contribution is -0.142. The first-order valence-corrected chi connectivity index (χ1v) is 7.07. The molecule has 0 atom stereocenters. The summed E-state index contributed by atoms with van der Waals surface area (Å²) in [6.07, 6.45) is 2.17. The van der Waals surface area contributed by atoms with E-state index in [4.69, 9.17) is 4.74 Å². The minimum absolute atomic E-state index is 0.172. The molecule has 0 radical (unpaired) electrons. The summed E-state index contributed by atoms with van der Waals surface area (Å²) in [5.41, 5.74) is 2.09. The van der Waals surface area contributed by atoms with E-state index >= 15 is 0 Å². The van der Waals surface area contributed by atoms with Crippen LogP contribution in [0.3, 0.4) is 0 Å². The van der Waals surface area contributed by atoms with E-state index in [-0.39, 0.29) is 5.97 Å². The minimum atomic E-state index is -0.172. The van der Waals surface area contributed by atoms with Crippen molar-refractivity contribution >= 4 is 23.0 Å². The molecule has 1 N–H and O–H groups in total. The van der Waals surface area contributed by atoms with Crippen molar-refractivity contribution < 1.29 is 9.53 Å². The number of thiazole rings is 1. The number of benzene rings is 1. The van der Waals surface area contributed by atoms with E-state index in [0.29, 0.717) is 19.6 Å². The van der Waals surface area contributed by atoms with Gasteiger partial charge in [-0.3, -0.25) is 4.79 Å². The second kappa shape index (κ2) is 6.89. The number of carbonyl (C=O) groups is 1. The maximum Gasteiger partial charge on any atom is 0.307 e. The summed E-state index contributed by atoms with van der Waals surface area (Å²) in [4.78, 5) is 15.4. The van der Waals surface area contributed by atoms with Gasteiger partial charge in [-0.2, -0.15) is 0 Å². The van der Waals surface area contributed by atoms with Crippen LogP contribution < -0.4 is 5.32 Å². The Balaban J connectivity index is 1.84. The minimum Gasteiger partial charge on any atom is -0.466 e. The average molecular weight is 276 g/mol. The molecule has 0 fully saturated rings. The van der Waals surface area contributed by atoms with Crippen molar-refractivity contribution in [3.63, 3.8) is 0 Å². The molecule has 0 amide bonds. The Morgan fingerprint density at radius 2 is 2.16 bits per heavy atom. The van der Waals surface area contributed by atoms with E-state index in [0.717, 1.165) is 16.3 Å². The van der Waals surface area contributed by atoms with Crippen LogP contribution >= 0.6 is 11.3 Å². The van der Waals surface area contributed by atoms with Crippen LogP contribution in [0.4, 0.5) is 5.69 Å². The molecule has 0 saturated carbocycles. The van der Waals surface area contributed by atoms with Gasteiger partial charge in [0.15, 0.2) is 0 Å². The number of nitrogens with one attached hydrogen (secondary N) is 1. The Bertz CT molecular complexity index is 509. The van der Waals surface area contributed by atoms with Gasteiger partial charge in [0, 0.05) is 29.4 Å². The number of anilines is 1. The highest BCUT2D eigenvalue weighted by Gasteiger charge is 2.02. The standard InChI is InChI=1S/C14H16N2O2S/c1-2-18-13(17)7-8-15-12-5-3-11(4-6-12)14-16-9-10-19-14/h3-6,9-10,15H,2,7-8H2,1H3. The van der Waals surface area contributed by atoms with Crippen molar-refractivity contribution in [3.8, 4) is 10.6 Å². The van der Waals surface area contributed by atoms with Gasteiger partial charge in [0.05, 0.1) is 13.0 Å². The molecule has 4 nitrogen and oxygen atoms in total. The van der Waals surface area contributed by atoms with Crippen molar-refractivity contribution in [2.24, 2.45) is 0 Å². The van der Waals surface area contributed by atoms with E-state index in [1.165, 1.54) is 0 Å². The first kappa shape index (κ1) is 13.5. The van der Waals surface area contributed by atoms with Crippen molar-refractivity contribution in [1.82, 2.24) is 4.98 Å². The number of ether oxygens (including phenoxy) is 1. The molecule has 19 heavy (non-hydrogen) atoms. The Labute approximate surface area is 116 Å². The zero-order valence-corrected chi connectivity index (χ0v) is 11.6. The third-order valence-electron chi connectivity index (χ3n) is 2.53. The van der Waals surface area contributed by atoms with Gasteiger partial charge in [-0.05, 0) is 31.2 Å². The lowest BCUT2D eigenvalue weighted by atomic mass is 10.2. The first-order valence-electron chi connectivity index (χ1n) is 6.19. The van der Waals surface area contributed by atoms with Crippen molar-refractivity contribution in [3.05, 3.63) is 35.8 Å². The highest BCUT2D eigenvalue weighted by molar-refractivity contribution is 7.13.